The fraction of sp³-hybridized carbons (Fsp3) is 0.375. The summed E-state index contributed by atoms with van der Waals surface area (Å²) in [6.07, 6.45) is 9.49. The van der Waals surface area contributed by atoms with E-state index in [-0.39, 0.29) is 24.5 Å². The second kappa shape index (κ2) is 11.9. The summed E-state index contributed by atoms with van der Waals surface area (Å²) in [5, 5.41) is 15.7. The van der Waals surface area contributed by atoms with E-state index in [1.54, 1.807) is 13.0 Å². The highest BCUT2D eigenvalue weighted by Gasteiger charge is 2.17. The molecular formula is C24H27F2N3O4. The smallest absolute Gasteiger partial charge is 0.407 e. The molecule has 7 nitrogen and oxygen atoms in total. The molecule has 9 heteroatoms. The number of hydrogen-bond donors (Lipinski definition) is 2. The highest BCUT2D eigenvalue weighted by Crippen LogP contribution is 2.25. The van der Waals surface area contributed by atoms with Crippen molar-refractivity contribution in [2.24, 2.45) is 0 Å². The summed E-state index contributed by atoms with van der Waals surface area (Å²) in [7, 11) is 0. The number of carbonyl (C=O) groups is 1. The lowest BCUT2D eigenvalue weighted by Crippen LogP contribution is -2.24. The highest BCUT2D eigenvalue weighted by molar-refractivity contribution is 5.68. The molecule has 1 fully saturated rings. The van der Waals surface area contributed by atoms with Crippen LogP contribution in [0.25, 0.3) is 11.5 Å². The van der Waals surface area contributed by atoms with Crippen LogP contribution in [-0.4, -0.2) is 21.3 Å². The number of nitrogens with zero attached hydrogens (tertiary/aromatic N) is 2. The SMILES string of the molecule is C1CCCCC1.Cc1noc(-c2ccc(O)cn2)c1CNC(=O)OCc1cc(F)cc(F)c1. The van der Waals surface area contributed by atoms with Gasteiger partial charge in [-0.2, -0.15) is 0 Å². The fourth-order valence-electron chi connectivity index (χ4n) is 3.43. The van der Waals surface area contributed by atoms with Crippen LogP contribution in [0.15, 0.2) is 41.1 Å². The van der Waals surface area contributed by atoms with Gasteiger partial charge in [0.25, 0.3) is 0 Å². The van der Waals surface area contributed by atoms with Crippen molar-refractivity contribution in [3.8, 4) is 17.2 Å². The van der Waals surface area contributed by atoms with Crippen molar-refractivity contribution in [2.45, 2.75) is 58.6 Å². The highest BCUT2D eigenvalue weighted by atomic mass is 19.1. The van der Waals surface area contributed by atoms with E-state index in [4.69, 9.17) is 9.26 Å². The first-order valence-corrected chi connectivity index (χ1v) is 10.9. The lowest BCUT2D eigenvalue weighted by Gasteiger charge is -2.08. The van der Waals surface area contributed by atoms with Crippen molar-refractivity contribution in [1.29, 1.82) is 0 Å². The minimum Gasteiger partial charge on any atom is -0.506 e. The van der Waals surface area contributed by atoms with Crippen molar-refractivity contribution in [1.82, 2.24) is 15.5 Å². The number of hydrogen-bond acceptors (Lipinski definition) is 6. The molecule has 3 aromatic rings. The van der Waals surface area contributed by atoms with Gasteiger partial charge in [0.2, 0.25) is 0 Å². The molecule has 33 heavy (non-hydrogen) atoms. The maximum Gasteiger partial charge on any atom is 0.407 e. The minimum atomic E-state index is -0.773. The second-order valence-corrected chi connectivity index (χ2v) is 7.81. The molecule has 0 unspecified atom stereocenters. The molecule has 176 valence electrons. The summed E-state index contributed by atoms with van der Waals surface area (Å²) >= 11 is 0. The third-order valence-corrected chi connectivity index (χ3v) is 5.17. The molecule has 1 aliphatic carbocycles. The van der Waals surface area contributed by atoms with Crippen molar-refractivity contribution < 1.29 is 27.9 Å². The molecule has 2 heterocycles. The van der Waals surface area contributed by atoms with Crippen LogP contribution in [0, 0.1) is 18.6 Å². The van der Waals surface area contributed by atoms with Crippen LogP contribution in [0.2, 0.25) is 0 Å². The van der Waals surface area contributed by atoms with Crippen LogP contribution >= 0.6 is 0 Å². The summed E-state index contributed by atoms with van der Waals surface area (Å²) in [6.45, 7) is 1.46. The van der Waals surface area contributed by atoms with Crippen LogP contribution < -0.4 is 5.32 Å². The Hall–Kier alpha value is -3.49. The molecule has 0 spiro atoms. The van der Waals surface area contributed by atoms with Crippen molar-refractivity contribution in [3.63, 3.8) is 0 Å². The monoisotopic (exact) mass is 459 g/mol. The molecule has 0 aliphatic heterocycles. The number of aromatic nitrogens is 2. The maximum absolute atomic E-state index is 13.1. The standard InChI is InChI=1S/C18H15F2N3O4.C6H12/c1-10-15(17(27-23-10)16-3-2-14(24)7-21-16)8-22-18(25)26-9-11-4-12(19)6-13(20)5-11;1-2-4-6-5-3-1/h2-7,24H,8-9H2,1H3,(H,22,25);1-6H2. The lowest BCUT2D eigenvalue weighted by atomic mass is 10.0. The summed E-state index contributed by atoms with van der Waals surface area (Å²) in [6, 6.07) is 5.89. The van der Waals surface area contributed by atoms with E-state index in [1.165, 1.54) is 50.8 Å². The first-order valence-electron chi connectivity index (χ1n) is 10.9. The Morgan fingerprint density at radius 1 is 1.09 bits per heavy atom. The predicted molar refractivity (Wildman–Crippen MR) is 117 cm³/mol. The van der Waals surface area contributed by atoms with E-state index in [0.29, 0.717) is 22.7 Å². The van der Waals surface area contributed by atoms with E-state index >= 15 is 0 Å². The number of rotatable bonds is 5. The Balaban J connectivity index is 0.000000442. The number of aryl methyl sites for hydroxylation is 1. The number of pyridine rings is 1. The number of alkyl carbamates (subject to hydrolysis) is 1. The fourth-order valence-corrected chi connectivity index (χ4v) is 3.43. The van der Waals surface area contributed by atoms with Gasteiger partial charge in [0.15, 0.2) is 5.76 Å². The molecule has 0 saturated heterocycles. The molecule has 2 aromatic heterocycles. The first kappa shape index (κ1) is 24.2. The van der Waals surface area contributed by atoms with Gasteiger partial charge in [-0.05, 0) is 36.8 Å². The largest absolute Gasteiger partial charge is 0.506 e. The molecule has 1 aromatic carbocycles. The van der Waals surface area contributed by atoms with Gasteiger partial charge in [-0.15, -0.1) is 0 Å². The van der Waals surface area contributed by atoms with Gasteiger partial charge in [0.05, 0.1) is 18.4 Å². The number of amides is 1. The molecule has 1 aliphatic rings. The molecular weight excluding hydrogens is 432 g/mol. The molecule has 0 radical (unpaired) electrons. The third-order valence-electron chi connectivity index (χ3n) is 5.17. The summed E-state index contributed by atoms with van der Waals surface area (Å²) in [5.74, 6) is -1.15. The van der Waals surface area contributed by atoms with Gasteiger partial charge in [0, 0.05) is 11.6 Å². The van der Waals surface area contributed by atoms with Crippen molar-refractivity contribution >= 4 is 6.09 Å². The van der Waals surface area contributed by atoms with Crippen molar-refractivity contribution in [3.05, 3.63) is 65.0 Å². The van der Waals surface area contributed by atoms with E-state index in [1.807, 2.05) is 0 Å². The number of nitrogens with one attached hydrogen (secondary N) is 1. The van der Waals surface area contributed by atoms with Gasteiger partial charge in [-0.3, -0.25) is 0 Å². The average molecular weight is 459 g/mol. The zero-order chi connectivity index (χ0) is 23.6. The third kappa shape index (κ3) is 7.55. The van der Waals surface area contributed by atoms with E-state index < -0.39 is 17.7 Å². The Kier molecular flexibility index (Phi) is 8.74. The summed E-state index contributed by atoms with van der Waals surface area (Å²) in [5.41, 5.74) is 1.76. The van der Waals surface area contributed by atoms with Gasteiger partial charge in [-0.1, -0.05) is 43.7 Å². The summed E-state index contributed by atoms with van der Waals surface area (Å²) in [4.78, 5) is 15.9. The van der Waals surface area contributed by atoms with E-state index in [2.05, 4.69) is 15.5 Å². The normalized spacial score (nSPS) is 13.1. The predicted octanol–water partition coefficient (Wildman–Crippen LogP) is 5.80. The number of carbonyl (C=O) groups excluding carboxylic acids is 1. The molecule has 0 bridgehead atoms. The molecule has 1 amide bonds. The Labute approximate surface area is 190 Å². The quantitative estimate of drug-likeness (QED) is 0.501. The van der Waals surface area contributed by atoms with Crippen LogP contribution in [0.3, 0.4) is 0 Å². The zero-order valence-corrected chi connectivity index (χ0v) is 18.4. The van der Waals surface area contributed by atoms with Gasteiger partial charge in [0.1, 0.15) is 29.7 Å². The maximum atomic E-state index is 13.1. The van der Waals surface area contributed by atoms with Gasteiger partial charge >= 0.3 is 6.09 Å². The van der Waals surface area contributed by atoms with Gasteiger partial charge in [-0.25, -0.2) is 18.6 Å². The van der Waals surface area contributed by atoms with Gasteiger partial charge < -0.3 is 19.7 Å². The molecule has 0 atom stereocenters. The number of ether oxygens (including phenoxy) is 1. The average Bonchev–Trinajstić information content (AvgIpc) is 3.18. The zero-order valence-electron chi connectivity index (χ0n) is 18.4. The topological polar surface area (TPSA) is 97.5 Å². The lowest BCUT2D eigenvalue weighted by molar-refractivity contribution is 0.139. The van der Waals surface area contributed by atoms with Crippen molar-refractivity contribution in [2.75, 3.05) is 0 Å². The van der Waals surface area contributed by atoms with E-state index in [0.717, 1.165) is 18.2 Å². The van der Waals surface area contributed by atoms with Crippen LogP contribution in [-0.2, 0) is 17.9 Å². The minimum absolute atomic E-state index is 0.00651. The second-order valence-electron chi connectivity index (χ2n) is 7.81. The van der Waals surface area contributed by atoms with Crippen LogP contribution in [0.1, 0.15) is 55.3 Å². The Morgan fingerprint density at radius 2 is 1.73 bits per heavy atom. The number of aromatic hydroxyl groups is 1. The molecule has 4 rings (SSSR count). The van der Waals surface area contributed by atoms with Crippen LogP contribution in [0.4, 0.5) is 13.6 Å². The van der Waals surface area contributed by atoms with E-state index in [9.17, 15) is 18.7 Å². The first-order chi connectivity index (χ1) is 15.9. The number of halogens is 2. The summed E-state index contributed by atoms with van der Waals surface area (Å²) < 4.78 is 36.4. The van der Waals surface area contributed by atoms with Crippen LogP contribution in [0.5, 0.6) is 5.75 Å². The molecule has 1 saturated carbocycles. The Bertz CT molecular complexity index is 1020. The Morgan fingerprint density at radius 3 is 2.30 bits per heavy atom. The number of benzene rings is 1. The molecule has 2 N–H and O–H groups in total.